The van der Waals surface area contributed by atoms with Crippen LogP contribution in [0, 0.1) is 0 Å². The highest BCUT2D eigenvalue weighted by Crippen LogP contribution is 2.12. The first kappa shape index (κ1) is 18.0. The van der Waals surface area contributed by atoms with Gasteiger partial charge in [-0.2, -0.15) is 0 Å². The first-order valence-electron chi connectivity index (χ1n) is 7.87. The summed E-state index contributed by atoms with van der Waals surface area (Å²) in [7, 11) is 4.25. The van der Waals surface area contributed by atoms with Gasteiger partial charge in [0.15, 0.2) is 0 Å². The molecule has 0 aromatic heterocycles. The molecule has 0 saturated carbocycles. The SMILES string of the molecule is CCN(CCCOc1ccc(CN)cc1)C(C)CN(C)C. The first-order valence-corrected chi connectivity index (χ1v) is 7.87. The van der Waals surface area contributed by atoms with Crippen LogP contribution in [0.1, 0.15) is 25.8 Å². The molecule has 0 aliphatic heterocycles. The summed E-state index contributed by atoms with van der Waals surface area (Å²) in [4.78, 5) is 4.74. The highest BCUT2D eigenvalue weighted by atomic mass is 16.5. The van der Waals surface area contributed by atoms with E-state index in [-0.39, 0.29) is 0 Å². The van der Waals surface area contributed by atoms with Crippen molar-refractivity contribution in [2.45, 2.75) is 32.9 Å². The van der Waals surface area contributed by atoms with Crippen molar-refractivity contribution >= 4 is 0 Å². The third-order valence-corrected chi connectivity index (χ3v) is 3.68. The number of hydrogen-bond acceptors (Lipinski definition) is 4. The Balaban J connectivity index is 2.27. The van der Waals surface area contributed by atoms with Crippen LogP contribution in [-0.2, 0) is 6.54 Å². The molecule has 0 aliphatic rings. The Kier molecular flexibility index (Phi) is 8.35. The van der Waals surface area contributed by atoms with Crippen LogP contribution >= 0.6 is 0 Å². The summed E-state index contributed by atoms with van der Waals surface area (Å²) in [5.74, 6) is 0.927. The zero-order chi connectivity index (χ0) is 15.7. The van der Waals surface area contributed by atoms with E-state index in [0.717, 1.165) is 44.0 Å². The minimum absolute atomic E-state index is 0.578. The summed E-state index contributed by atoms with van der Waals surface area (Å²) < 4.78 is 5.78. The molecule has 21 heavy (non-hydrogen) atoms. The third-order valence-electron chi connectivity index (χ3n) is 3.68. The maximum Gasteiger partial charge on any atom is 0.119 e. The molecule has 1 aromatic carbocycles. The van der Waals surface area contributed by atoms with Gasteiger partial charge in [0.2, 0.25) is 0 Å². The van der Waals surface area contributed by atoms with Gasteiger partial charge in [0.05, 0.1) is 6.61 Å². The number of nitrogens with zero attached hydrogens (tertiary/aromatic N) is 2. The van der Waals surface area contributed by atoms with E-state index >= 15 is 0 Å². The van der Waals surface area contributed by atoms with Gasteiger partial charge in [-0.15, -0.1) is 0 Å². The molecule has 0 amide bonds. The average molecular weight is 293 g/mol. The molecule has 120 valence electrons. The average Bonchev–Trinajstić information content (AvgIpc) is 2.47. The van der Waals surface area contributed by atoms with Crippen LogP contribution in [0.4, 0.5) is 0 Å². The van der Waals surface area contributed by atoms with Crippen LogP contribution < -0.4 is 10.5 Å². The lowest BCUT2D eigenvalue weighted by Crippen LogP contribution is -2.40. The number of rotatable bonds is 10. The Morgan fingerprint density at radius 1 is 1.19 bits per heavy atom. The second-order valence-electron chi connectivity index (χ2n) is 5.79. The molecule has 0 spiro atoms. The number of nitrogens with two attached hydrogens (primary N) is 1. The zero-order valence-electron chi connectivity index (χ0n) is 14.0. The molecule has 1 aromatic rings. The van der Waals surface area contributed by atoms with E-state index in [1.165, 1.54) is 0 Å². The van der Waals surface area contributed by atoms with Gasteiger partial charge in [0.1, 0.15) is 5.75 Å². The molecule has 1 unspecified atom stereocenters. The van der Waals surface area contributed by atoms with Crippen molar-refractivity contribution in [2.75, 3.05) is 40.3 Å². The van der Waals surface area contributed by atoms with E-state index < -0.39 is 0 Å². The molecule has 0 fully saturated rings. The van der Waals surface area contributed by atoms with Crippen LogP contribution in [0.15, 0.2) is 24.3 Å². The maximum atomic E-state index is 5.78. The van der Waals surface area contributed by atoms with Gasteiger partial charge in [-0.05, 0) is 51.7 Å². The molecule has 4 nitrogen and oxygen atoms in total. The van der Waals surface area contributed by atoms with E-state index in [1.807, 2.05) is 24.3 Å². The molecular weight excluding hydrogens is 262 g/mol. The summed E-state index contributed by atoms with van der Waals surface area (Å²) in [5.41, 5.74) is 6.72. The van der Waals surface area contributed by atoms with Crippen molar-refractivity contribution < 1.29 is 4.74 Å². The van der Waals surface area contributed by atoms with Crippen molar-refractivity contribution in [3.63, 3.8) is 0 Å². The Morgan fingerprint density at radius 3 is 2.38 bits per heavy atom. The lowest BCUT2D eigenvalue weighted by molar-refractivity contribution is 0.168. The Hall–Kier alpha value is -1.10. The summed E-state index contributed by atoms with van der Waals surface area (Å²) in [6.07, 6.45) is 1.05. The second-order valence-corrected chi connectivity index (χ2v) is 5.79. The Morgan fingerprint density at radius 2 is 1.86 bits per heavy atom. The number of likely N-dealkylation sites (N-methyl/N-ethyl adjacent to an activating group) is 2. The van der Waals surface area contributed by atoms with Crippen molar-refractivity contribution in [1.82, 2.24) is 9.80 Å². The molecule has 0 bridgehead atoms. The molecule has 1 atom stereocenters. The molecule has 4 heteroatoms. The summed E-state index contributed by atoms with van der Waals surface area (Å²) in [6.45, 7) is 9.10. The predicted molar refractivity (Wildman–Crippen MR) is 89.7 cm³/mol. The van der Waals surface area contributed by atoms with Crippen LogP contribution in [0.2, 0.25) is 0 Å². The van der Waals surface area contributed by atoms with E-state index in [2.05, 4.69) is 37.7 Å². The smallest absolute Gasteiger partial charge is 0.119 e. The minimum Gasteiger partial charge on any atom is -0.494 e. The fourth-order valence-electron chi connectivity index (χ4n) is 2.51. The van der Waals surface area contributed by atoms with Crippen molar-refractivity contribution in [2.24, 2.45) is 5.73 Å². The minimum atomic E-state index is 0.578. The van der Waals surface area contributed by atoms with E-state index in [4.69, 9.17) is 10.5 Å². The van der Waals surface area contributed by atoms with Gasteiger partial charge in [-0.1, -0.05) is 19.1 Å². The fraction of sp³-hybridized carbons (Fsp3) is 0.647. The topological polar surface area (TPSA) is 41.7 Å². The highest BCUT2D eigenvalue weighted by molar-refractivity contribution is 5.26. The summed E-state index contributed by atoms with van der Waals surface area (Å²) in [6, 6.07) is 8.61. The van der Waals surface area contributed by atoms with Crippen LogP contribution in [0.5, 0.6) is 5.75 Å². The Labute approximate surface area is 129 Å². The van der Waals surface area contributed by atoms with Gasteiger partial charge in [0, 0.05) is 25.7 Å². The van der Waals surface area contributed by atoms with Gasteiger partial charge in [0.25, 0.3) is 0 Å². The van der Waals surface area contributed by atoms with Crippen LogP contribution in [0.3, 0.4) is 0 Å². The molecule has 2 N–H and O–H groups in total. The summed E-state index contributed by atoms with van der Waals surface area (Å²) in [5, 5.41) is 0. The molecule has 0 aliphatic carbocycles. The van der Waals surface area contributed by atoms with Crippen LogP contribution in [-0.4, -0.2) is 56.2 Å². The lowest BCUT2D eigenvalue weighted by Gasteiger charge is -2.29. The standard InChI is InChI=1S/C17H31N3O/c1-5-20(15(2)14-19(3)4)11-6-12-21-17-9-7-16(13-18)8-10-17/h7-10,15H,5-6,11-14,18H2,1-4H3. The molecule has 0 saturated heterocycles. The predicted octanol–water partition coefficient (Wildman–Crippen LogP) is 2.19. The van der Waals surface area contributed by atoms with Crippen molar-refractivity contribution in [3.8, 4) is 5.75 Å². The third kappa shape index (κ3) is 6.93. The lowest BCUT2D eigenvalue weighted by atomic mass is 10.2. The largest absolute Gasteiger partial charge is 0.494 e. The molecule has 1 rings (SSSR count). The second kappa shape index (κ2) is 9.77. The quantitative estimate of drug-likeness (QED) is 0.672. The van der Waals surface area contributed by atoms with E-state index in [9.17, 15) is 0 Å². The fourth-order valence-corrected chi connectivity index (χ4v) is 2.51. The highest BCUT2D eigenvalue weighted by Gasteiger charge is 2.12. The zero-order valence-corrected chi connectivity index (χ0v) is 14.0. The number of benzene rings is 1. The number of ether oxygens (including phenoxy) is 1. The van der Waals surface area contributed by atoms with Crippen molar-refractivity contribution in [3.05, 3.63) is 29.8 Å². The molecule has 0 radical (unpaired) electrons. The Bertz CT molecular complexity index is 378. The number of hydrogen-bond donors (Lipinski definition) is 1. The maximum absolute atomic E-state index is 5.78. The summed E-state index contributed by atoms with van der Waals surface area (Å²) >= 11 is 0. The first-order chi connectivity index (χ1) is 10.1. The van der Waals surface area contributed by atoms with Crippen LogP contribution in [0.25, 0.3) is 0 Å². The van der Waals surface area contributed by atoms with Gasteiger partial charge in [-0.3, -0.25) is 4.90 Å². The van der Waals surface area contributed by atoms with E-state index in [1.54, 1.807) is 0 Å². The van der Waals surface area contributed by atoms with E-state index in [0.29, 0.717) is 12.6 Å². The normalized spacial score (nSPS) is 12.9. The van der Waals surface area contributed by atoms with Gasteiger partial charge >= 0.3 is 0 Å². The van der Waals surface area contributed by atoms with Gasteiger partial charge < -0.3 is 15.4 Å². The monoisotopic (exact) mass is 293 g/mol. The molecule has 0 heterocycles. The van der Waals surface area contributed by atoms with Crippen molar-refractivity contribution in [1.29, 1.82) is 0 Å². The van der Waals surface area contributed by atoms with Gasteiger partial charge in [-0.25, -0.2) is 0 Å². The molecular formula is C17H31N3O.